The van der Waals surface area contributed by atoms with Crippen molar-refractivity contribution in [1.82, 2.24) is 4.57 Å². The van der Waals surface area contributed by atoms with Crippen molar-refractivity contribution in [2.45, 2.75) is 27.2 Å². The van der Waals surface area contributed by atoms with E-state index in [0.717, 1.165) is 27.8 Å². The van der Waals surface area contributed by atoms with Gasteiger partial charge in [0.15, 0.2) is 5.78 Å². The van der Waals surface area contributed by atoms with Crippen LogP contribution in [-0.4, -0.2) is 15.5 Å². The molecule has 0 aliphatic carbocycles. The second-order valence-electron chi connectivity index (χ2n) is 6.26. The zero-order valence-electron chi connectivity index (χ0n) is 14.6. The number of aromatic hydroxyl groups is 1. The number of Topliss-reactive ketones (excluding diaryl/α,β-unsaturated/α-hetero) is 1. The standard InChI is InChI=1S/C21H20BrNO2/c1-5-6-16-20-18(11-17(22)21(16)25)23(13(3)19(20)14(4)24)15-9-7-12(2)8-10-15/h5,7-11,25H,1,6H2,2-4H3. The van der Waals surface area contributed by atoms with E-state index in [-0.39, 0.29) is 11.5 Å². The molecule has 1 heterocycles. The number of ketones is 1. The predicted molar refractivity (Wildman–Crippen MR) is 106 cm³/mol. The number of rotatable bonds is 4. The molecule has 3 rings (SSSR count). The molecule has 4 heteroatoms. The van der Waals surface area contributed by atoms with Gasteiger partial charge in [0.05, 0.1) is 9.99 Å². The van der Waals surface area contributed by atoms with Gasteiger partial charge in [0, 0.05) is 27.9 Å². The average Bonchev–Trinajstić information content (AvgIpc) is 2.85. The topological polar surface area (TPSA) is 42.2 Å². The first kappa shape index (κ1) is 17.5. The molecule has 0 spiro atoms. The molecule has 0 unspecified atom stereocenters. The highest BCUT2D eigenvalue weighted by atomic mass is 79.9. The van der Waals surface area contributed by atoms with Gasteiger partial charge in [-0.2, -0.15) is 0 Å². The van der Waals surface area contributed by atoms with Gasteiger partial charge in [0.1, 0.15) is 5.75 Å². The Kier molecular flexibility index (Phi) is 4.56. The fourth-order valence-corrected chi connectivity index (χ4v) is 3.86. The SMILES string of the molecule is C=CCc1c(O)c(Br)cc2c1c(C(C)=O)c(C)n2-c1ccc(C)cc1. The minimum Gasteiger partial charge on any atom is -0.506 e. The fourth-order valence-electron chi connectivity index (χ4n) is 3.41. The van der Waals surface area contributed by atoms with Crippen molar-refractivity contribution in [3.05, 3.63) is 69.8 Å². The second-order valence-corrected chi connectivity index (χ2v) is 7.11. The lowest BCUT2D eigenvalue weighted by Crippen LogP contribution is -1.99. The van der Waals surface area contributed by atoms with Crippen molar-refractivity contribution in [3.63, 3.8) is 0 Å². The molecular weight excluding hydrogens is 378 g/mol. The third kappa shape index (κ3) is 2.81. The van der Waals surface area contributed by atoms with Gasteiger partial charge in [0.2, 0.25) is 0 Å². The molecule has 0 radical (unpaired) electrons. The van der Waals surface area contributed by atoms with E-state index in [1.807, 2.05) is 44.2 Å². The van der Waals surface area contributed by atoms with Gasteiger partial charge in [-0.05, 0) is 61.3 Å². The highest BCUT2D eigenvalue weighted by Gasteiger charge is 2.23. The van der Waals surface area contributed by atoms with E-state index in [1.165, 1.54) is 5.56 Å². The molecule has 1 N–H and O–H groups in total. The molecule has 1 aromatic heterocycles. The maximum absolute atomic E-state index is 12.4. The number of phenols is 1. The first-order chi connectivity index (χ1) is 11.9. The van der Waals surface area contributed by atoms with Crippen LogP contribution in [0.25, 0.3) is 16.6 Å². The largest absolute Gasteiger partial charge is 0.506 e. The number of allylic oxidation sites excluding steroid dienone is 1. The molecule has 128 valence electrons. The summed E-state index contributed by atoms with van der Waals surface area (Å²) in [5, 5.41) is 11.3. The molecule has 25 heavy (non-hydrogen) atoms. The van der Waals surface area contributed by atoms with Crippen LogP contribution in [0.4, 0.5) is 0 Å². The van der Waals surface area contributed by atoms with Crippen LogP contribution in [0.1, 0.15) is 34.1 Å². The lowest BCUT2D eigenvalue weighted by Gasteiger charge is -2.11. The van der Waals surface area contributed by atoms with Crippen LogP contribution >= 0.6 is 15.9 Å². The van der Waals surface area contributed by atoms with Gasteiger partial charge in [-0.15, -0.1) is 6.58 Å². The Balaban J connectivity index is 2.50. The van der Waals surface area contributed by atoms with Gasteiger partial charge in [-0.25, -0.2) is 0 Å². The van der Waals surface area contributed by atoms with Crippen molar-refractivity contribution in [2.24, 2.45) is 0 Å². The van der Waals surface area contributed by atoms with Crippen LogP contribution in [0.2, 0.25) is 0 Å². The molecule has 0 aliphatic heterocycles. The summed E-state index contributed by atoms with van der Waals surface area (Å²) in [6.07, 6.45) is 2.23. The molecule has 3 nitrogen and oxygen atoms in total. The molecule has 0 aliphatic rings. The minimum absolute atomic E-state index is 0.0135. The van der Waals surface area contributed by atoms with Crippen LogP contribution in [0.3, 0.4) is 0 Å². The number of benzene rings is 2. The lowest BCUT2D eigenvalue weighted by molar-refractivity contribution is 0.101. The van der Waals surface area contributed by atoms with E-state index in [0.29, 0.717) is 16.5 Å². The summed E-state index contributed by atoms with van der Waals surface area (Å²) in [6, 6.07) is 10.1. The van der Waals surface area contributed by atoms with Gasteiger partial charge < -0.3 is 9.67 Å². The highest BCUT2D eigenvalue weighted by molar-refractivity contribution is 9.10. The van der Waals surface area contributed by atoms with Crippen LogP contribution in [-0.2, 0) is 6.42 Å². The Bertz CT molecular complexity index is 997. The van der Waals surface area contributed by atoms with Crippen LogP contribution in [0, 0.1) is 13.8 Å². The van der Waals surface area contributed by atoms with Gasteiger partial charge in [-0.1, -0.05) is 23.8 Å². The number of hydrogen-bond donors (Lipinski definition) is 1. The molecule has 0 bridgehead atoms. The van der Waals surface area contributed by atoms with Crippen molar-refractivity contribution in [3.8, 4) is 11.4 Å². The van der Waals surface area contributed by atoms with E-state index in [9.17, 15) is 9.90 Å². The first-order valence-corrected chi connectivity index (χ1v) is 8.90. The highest BCUT2D eigenvalue weighted by Crippen LogP contribution is 2.40. The Morgan fingerprint density at radius 1 is 1.28 bits per heavy atom. The van der Waals surface area contributed by atoms with Crippen LogP contribution in [0.5, 0.6) is 5.75 Å². The summed E-state index contributed by atoms with van der Waals surface area (Å²) in [7, 11) is 0. The average molecular weight is 398 g/mol. The second kappa shape index (κ2) is 6.52. The summed E-state index contributed by atoms with van der Waals surface area (Å²) >= 11 is 3.44. The minimum atomic E-state index is -0.0135. The number of aromatic nitrogens is 1. The van der Waals surface area contributed by atoms with E-state index in [1.54, 1.807) is 13.0 Å². The zero-order chi connectivity index (χ0) is 18.3. The third-order valence-corrected chi connectivity index (χ3v) is 5.12. The van der Waals surface area contributed by atoms with Gasteiger partial charge in [-0.3, -0.25) is 4.79 Å². The monoisotopic (exact) mass is 397 g/mol. The molecule has 0 saturated heterocycles. The van der Waals surface area contributed by atoms with Crippen LogP contribution < -0.4 is 0 Å². The predicted octanol–water partition coefficient (Wildman–Crippen LogP) is 5.65. The number of fused-ring (bicyclic) bond motifs is 1. The Labute approximate surface area is 155 Å². The number of halogens is 1. The zero-order valence-corrected chi connectivity index (χ0v) is 16.1. The van der Waals surface area contributed by atoms with Crippen molar-refractivity contribution in [1.29, 1.82) is 0 Å². The maximum Gasteiger partial charge on any atom is 0.162 e. The smallest absolute Gasteiger partial charge is 0.162 e. The molecular formula is C21H20BrNO2. The number of nitrogens with zero attached hydrogens (tertiary/aromatic N) is 1. The van der Waals surface area contributed by atoms with Crippen molar-refractivity contribution >= 4 is 32.6 Å². The summed E-state index contributed by atoms with van der Waals surface area (Å²) in [5.74, 6) is 0.149. The number of phenolic OH excluding ortho intramolecular Hbond substituents is 1. The normalized spacial score (nSPS) is 11.0. The number of aryl methyl sites for hydroxylation is 1. The Hall–Kier alpha value is -2.33. The molecule has 0 fully saturated rings. The molecule has 0 amide bonds. The van der Waals surface area contributed by atoms with E-state index >= 15 is 0 Å². The van der Waals surface area contributed by atoms with Crippen molar-refractivity contribution < 1.29 is 9.90 Å². The quantitative estimate of drug-likeness (QED) is 0.456. The lowest BCUT2D eigenvalue weighted by atomic mass is 9.99. The van der Waals surface area contributed by atoms with Gasteiger partial charge in [0.25, 0.3) is 0 Å². The van der Waals surface area contributed by atoms with E-state index in [2.05, 4.69) is 27.1 Å². The summed E-state index contributed by atoms with van der Waals surface area (Å²) in [5.41, 5.74) is 5.30. The van der Waals surface area contributed by atoms with E-state index < -0.39 is 0 Å². The van der Waals surface area contributed by atoms with Crippen LogP contribution in [0.15, 0.2) is 47.5 Å². The van der Waals surface area contributed by atoms with Gasteiger partial charge >= 0.3 is 0 Å². The molecule has 0 atom stereocenters. The fraction of sp³-hybridized carbons (Fsp3) is 0.190. The Morgan fingerprint density at radius 3 is 2.48 bits per heavy atom. The summed E-state index contributed by atoms with van der Waals surface area (Å²) in [6.45, 7) is 9.34. The first-order valence-electron chi connectivity index (χ1n) is 8.11. The summed E-state index contributed by atoms with van der Waals surface area (Å²) < 4.78 is 2.68. The number of carbonyl (C=O) groups is 1. The maximum atomic E-state index is 12.4. The third-order valence-electron chi connectivity index (χ3n) is 4.51. The number of carbonyl (C=O) groups excluding carboxylic acids is 1. The summed E-state index contributed by atoms with van der Waals surface area (Å²) in [4.78, 5) is 12.4. The number of hydrogen-bond acceptors (Lipinski definition) is 2. The molecule has 2 aromatic carbocycles. The van der Waals surface area contributed by atoms with Crippen molar-refractivity contribution in [2.75, 3.05) is 0 Å². The van der Waals surface area contributed by atoms with E-state index in [4.69, 9.17) is 0 Å². The Morgan fingerprint density at radius 2 is 1.92 bits per heavy atom. The molecule has 0 saturated carbocycles. The molecule has 3 aromatic rings.